The lowest BCUT2D eigenvalue weighted by molar-refractivity contribution is -0.154. The highest BCUT2D eigenvalue weighted by Gasteiger charge is 2.47. The molecule has 0 bridgehead atoms. The number of aromatic nitrogens is 1. The summed E-state index contributed by atoms with van der Waals surface area (Å²) in [7, 11) is -3.22. The van der Waals surface area contributed by atoms with E-state index in [-0.39, 0.29) is 0 Å². The van der Waals surface area contributed by atoms with Gasteiger partial charge in [-0.05, 0) is 19.9 Å². The van der Waals surface area contributed by atoms with E-state index in [2.05, 4.69) is 4.98 Å². The first-order valence-electron chi connectivity index (χ1n) is 5.77. The first-order chi connectivity index (χ1) is 9.12. The maximum atomic E-state index is 11.3. The highest BCUT2D eigenvalue weighted by Crippen LogP contribution is 2.41. The summed E-state index contributed by atoms with van der Waals surface area (Å²) in [6, 6.07) is 1.61. The normalized spacial score (nSPS) is 26.1. The second kappa shape index (κ2) is 5.21. The summed E-state index contributed by atoms with van der Waals surface area (Å²) in [4.78, 5) is 3.86. The topological polar surface area (TPSA) is 89.0 Å². The van der Waals surface area contributed by atoms with Crippen molar-refractivity contribution in [3.8, 4) is 0 Å². The van der Waals surface area contributed by atoms with Gasteiger partial charge in [-0.2, -0.15) is 12.7 Å². The van der Waals surface area contributed by atoms with Crippen molar-refractivity contribution < 1.29 is 22.4 Å². The van der Waals surface area contributed by atoms with Gasteiger partial charge in [0.15, 0.2) is 12.0 Å². The van der Waals surface area contributed by atoms with E-state index >= 15 is 0 Å². The van der Waals surface area contributed by atoms with Gasteiger partial charge in [-0.15, -0.1) is 0 Å². The maximum absolute atomic E-state index is 11.3. The Bertz CT molecular complexity index is 607. The van der Waals surface area contributed by atoms with E-state index in [0.717, 1.165) is 0 Å². The highest BCUT2D eigenvalue weighted by atomic mass is 35.5. The highest BCUT2D eigenvalue weighted by molar-refractivity contribution is 7.83. The van der Waals surface area contributed by atoms with Gasteiger partial charge >= 0.3 is 10.3 Å². The third-order valence-corrected chi connectivity index (χ3v) is 4.16. The fourth-order valence-corrected chi connectivity index (χ4v) is 2.62. The molecule has 1 aliphatic rings. The monoisotopic (exact) mass is 322 g/mol. The van der Waals surface area contributed by atoms with Crippen LogP contribution in [0.5, 0.6) is 0 Å². The van der Waals surface area contributed by atoms with Gasteiger partial charge in [0, 0.05) is 25.0 Å². The summed E-state index contributed by atoms with van der Waals surface area (Å²) in [5, 5.41) is 0.326. The van der Waals surface area contributed by atoms with Crippen molar-refractivity contribution in [3.63, 3.8) is 0 Å². The van der Waals surface area contributed by atoms with E-state index in [1.165, 1.54) is 19.4 Å². The largest absolute Gasteiger partial charge is 0.338 e. The third-order valence-electron chi connectivity index (χ3n) is 2.91. The minimum absolute atomic E-state index is 0.326. The minimum Gasteiger partial charge on any atom is -0.338 e. The van der Waals surface area contributed by atoms with Crippen molar-refractivity contribution in [1.82, 2.24) is 9.29 Å². The molecule has 1 fully saturated rings. The van der Waals surface area contributed by atoms with Gasteiger partial charge in [0.1, 0.15) is 6.10 Å². The Morgan fingerprint density at radius 1 is 1.45 bits per heavy atom. The van der Waals surface area contributed by atoms with Gasteiger partial charge in [-0.25, -0.2) is 0 Å². The zero-order valence-electron chi connectivity index (χ0n) is 11.1. The molecule has 0 amide bonds. The van der Waals surface area contributed by atoms with Crippen LogP contribution in [0.15, 0.2) is 18.5 Å². The molecule has 1 aromatic rings. The molecule has 1 aromatic heterocycles. The lowest BCUT2D eigenvalue weighted by Crippen LogP contribution is -2.40. The minimum atomic E-state index is -4.42. The summed E-state index contributed by atoms with van der Waals surface area (Å²) >= 11 is 6.05. The summed E-state index contributed by atoms with van der Waals surface area (Å²) in [5.74, 6) is -1.01. The molecule has 0 aromatic carbocycles. The van der Waals surface area contributed by atoms with Crippen molar-refractivity contribution in [2.45, 2.75) is 32.0 Å². The van der Waals surface area contributed by atoms with E-state index in [9.17, 15) is 8.42 Å². The average Bonchev–Trinajstić information content (AvgIpc) is 2.63. The Morgan fingerprint density at radius 2 is 2.10 bits per heavy atom. The Morgan fingerprint density at radius 3 is 2.65 bits per heavy atom. The number of nitrogens with zero attached hydrogens (tertiary/aromatic N) is 2. The molecule has 2 rings (SSSR count). The molecular formula is C11H15ClN2O5S. The number of rotatable bonds is 3. The lowest BCUT2D eigenvalue weighted by Gasteiger charge is -2.24. The number of hydrogen-bond donors (Lipinski definition) is 1. The van der Waals surface area contributed by atoms with Crippen LogP contribution in [-0.4, -0.2) is 41.3 Å². The quantitative estimate of drug-likeness (QED) is 0.851. The van der Waals surface area contributed by atoms with Gasteiger partial charge in [-0.3, -0.25) is 9.54 Å². The second-order valence-electron chi connectivity index (χ2n) is 4.84. The fraction of sp³-hybridized carbons (Fsp3) is 0.545. The van der Waals surface area contributed by atoms with Crippen LogP contribution in [-0.2, 0) is 19.8 Å². The molecule has 9 heteroatoms. The van der Waals surface area contributed by atoms with Crippen molar-refractivity contribution in [3.05, 3.63) is 29.0 Å². The molecular weight excluding hydrogens is 308 g/mol. The van der Waals surface area contributed by atoms with Crippen LogP contribution in [0.3, 0.4) is 0 Å². The third kappa shape index (κ3) is 3.11. The van der Waals surface area contributed by atoms with Crippen LogP contribution >= 0.6 is 11.6 Å². The zero-order valence-corrected chi connectivity index (χ0v) is 12.7. The maximum Gasteiger partial charge on any atom is 0.337 e. The number of hydrogen-bond acceptors (Lipinski definition) is 5. The molecule has 1 N–H and O–H groups in total. The summed E-state index contributed by atoms with van der Waals surface area (Å²) in [6.07, 6.45) is 1.14. The average molecular weight is 323 g/mol. The standard InChI is InChI=1S/C11H15ClN2O5S/c1-11(2)18-9(7-4-5-13-6-8(7)12)10(19-11)14(3)20(15,16)17/h4-6,9-10H,1-3H3,(H,15,16,17). The van der Waals surface area contributed by atoms with E-state index in [0.29, 0.717) is 14.9 Å². The van der Waals surface area contributed by atoms with Crippen LogP contribution in [0.25, 0.3) is 0 Å². The van der Waals surface area contributed by atoms with E-state index < -0.39 is 28.4 Å². The van der Waals surface area contributed by atoms with Gasteiger partial charge < -0.3 is 9.47 Å². The van der Waals surface area contributed by atoms with Crippen LogP contribution < -0.4 is 0 Å². The van der Waals surface area contributed by atoms with Gasteiger partial charge in [-0.1, -0.05) is 11.6 Å². The molecule has 20 heavy (non-hydrogen) atoms. The van der Waals surface area contributed by atoms with Crippen LogP contribution in [0.1, 0.15) is 25.5 Å². The predicted octanol–water partition coefficient (Wildman–Crippen LogP) is 1.62. The first kappa shape index (κ1) is 15.6. The molecule has 0 saturated carbocycles. The summed E-state index contributed by atoms with van der Waals surface area (Å²) in [6.45, 7) is 3.29. The predicted molar refractivity (Wildman–Crippen MR) is 71.3 cm³/mol. The van der Waals surface area contributed by atoms with Crippen molar-refractivity contribution in [1.29, 1.82) is 0 Å². The van der Waals surface area contributed by atoms with E-state index in [1.54, 1.807) is 19.9 Å². The Kier molecular flexibility index (Phi) is 4.07. The SMILES string of the molecule is CN(C1OC(C)(C)OC1c1ccncc1Cl)S(=O)(=O)O. The van der Waals surface area contributed by atoms with E-state index in [1.807, 2.05) is 0 Å². The molecule has 0 aliphatic carbocycles. The van der Waals surface area contributed by atoms with Crippen molar-refractivity contribution in [2.75, 3.05) is 7.05 Å². The number of pyridine rings is 1. The molecule has 2 unspecified atom stereocenters. The van der Waals surface area contributed by atoms with Crippen LogP contribution in [0.2, 0.25) is 5.02 Å². The Hall–Kier alpha value is -0.770. The second-order valence-corrected chi connectivity index (χ2v) is 6.72. The molecule has 1 saturated heterocycles. The Labute approximate surface area is 122 Å². The van der Waals surface area contributed by atoms with Crippen molar-refractivity contribution >= 4 is 21.9 Å². The first-order valence-corrected chi connectivity index (χ1v) is 7.55. The van der Waals surface area contributed by atoms with Crippen LogP contribution in [0, 0.1) is 0 Å². The summed E-state index contributed by atoms with van der Waals surface area (Å²) < 4.78 is 43.7. The molecule has 2 atom stereocenters. The lowest BCUT2D eigenvalue weighted by atomic mass is 10.1. The number of likely N-dealkylation sites (N-methyl/N-ethyl adjacent to an activating group) is 1. The van der Waals surface area contributed by atoms with Gasteiger partial charge in [0.25, 0.3) is 0 Å². The zero-order chi connectivity index (χ0) is 15.1. The van der Waals surface area contributed by atoms with E-state index in [4.69, 9.17) is 25.6 Å². The molecule has 112 valence electrons. The molecule has 7 nitrogen and oxygen atoms in total. The van der Waals surface area contributed by atoms with Gasteiger partial charge in [0.2, 0.25) is 0 Å². The van der Waals surface area contributed by atoms with Crippen LogP contribution in [0.4, 0.5) is 0 Å². The number of halogens is 1. The molecule has 0 spiro atoms. The molecule has 1 aliphatic heterocycles. The Balaban J connectivity index is 2.42. The summed E-state index contributed by atoms with van der Waals surface area (Å²) in [5.41, 5.74) is 0.535. The van der Waals surface area contributed by atoms with Crippen molar-refractivity contribution in [2.24, 2.45) is 0 Å². The molecule has 2 heterocycles. The van der Waals surface area contributed by atoms with Gasteiger partial charge in [0.05, 0.1) is 5.02 Å². The smallest absolute Gasteiger partial charge is 0.337 e. The fourth-order valence-electron chi connectivity index (χ4n) is 1.97. The molecule has 0 radical (unpaired) electrons. The number of ether oxygens (including phenoxy) is 2.